The van der Waals surface area contributed by atoms with Crippen molar-refractivity contribution in [3.63, 3.8) is 0 Å². The summed E-state index contributed by atoms with van der Waals surface area (Å²) in [6.07, 6.45) is 5.34. The summed E-state index contributed by atoms with van der Waals surface area (Å²) in [5.41, 5.74) is 6.27. The quantitative estimate of drug-likeness (QED) is 0.273. The Kier molecular flexibility index (Phi) is 7.51. The average molecular weight is 407 g/mol. The Balaban J connectivity index is 1.68. The van der Waals surface area contributed by atoms with Gasteiger partial charge in [0.05, 0.1) is 0 Å². The zero-order chi connectivity index (χ0) is 21.5. The molecule has 0 aliphatic heterocycles. The zero-order valence-corrected chi connectivity index (χ0v) is 17.6. The van der Waals surface area contributed by atoms with Crippen molar-refractivity contribution in [2.45, 2.75) is 51.9 Å². The predicted octanol–water partition coefficient (Wildman–Crippen LogP) is 7.13. The summed E-state index contributed by atoms with van der Waals surface area (Å²) in [7, 11) is 0. The summed E-state index contributed by atoms with van der Waals surface area (Å²) in [5.74, 6) is -0.981. The molecule has 0 saturated carbocycles. The van der Waals surface area contributed by atoms with E-state index in [2.05, 4.69) is 32.0 Å². The van der Waals surface area contributed by atoms with Gasteiger partial charge in [0.25, 0.3) is 0 Å². The molecule has 0 saturated heterocycles. The van der Waals surface area contributed by atoms with E-state index in [1.54, 1.807) is 0 Å². The number of carbonyl (C=O) groups is 1. The molecule has 3 aromatic carbocycles. The summed E-state index contributed by atoms with van der Waals surface area (Å²) < 4.78 is 27.7. The highest BCUT2D eigenvalue weighted by Crippen LogP contribution is 2.29. The van der Waals surface area contributed by atoms with Crippen LogP contribution in [0.1, 0.15) is 63.4 Å². The van der Waals surface area contributed by atoms with Crippen molar-refractivity contribution in [3.05, 3.63) is 106 Å². The normalized spacial score (nSPS) is 12.0. The molecule has 0 amide bonds. The molecule has 0 aromatic heterocycles. The van der Waals surface area contributed by atoms with Crippen LogP contribution in [0.5, 0.6) is 0 Å². The number of unbranched alkanes of at least 4 members (excludes halogenated alkanes) is 1. The van der Waals surface area contributed by atoms with Gasteiger partial charge in [-0.15, -0.1) is 0 Å². The van der Waals surface area contributed by atoms with Crippen LogP contribution in [0.3, 0.4) is 0 Å². The Morgan fingerprint density at radius 1 is 0.800 bits per heavy atom. The molecule has 0 radical (unpaired) electrons. The second-order valence-electron chi connectivity index (χ2n) is 8.13. The average Bonchev–Trinajstić information content (AvgIpc) is 2.72. The fourth-order valence-corrected chi connectivity index (χ4v) is 3.90. The molecular formula is C27H28F2O. The third-order valence-corrected chi connectivity index (χ3v) is 5.79. The first kappa shape index (κ1) is 21.9. The Morgan fingerprint density at radius 3 is 2.10 bits per heavy atom. The van der Waals surface area contributed by atoms with E-state index in [4.69, 9.17) is 0 Å². The fourth-order valence-electron chi connectivity index (χ4n) is 3.90. The number of aryl methyl sites for hydroxylation is 3. The van der Waals surface area contributed by atoms with Crippen LogP contribution in [-0.2, 0) is 12.8 Å². The standard InChI is InChI=1S/C27H28F2O/c1-19-7-8-23(13-20(19)2)14-24(25-15-26(28)17-27(29)16-25)6-4-3-5-21-9-11-22(18-30)12-10-21/h7-13,15-18,24H,3-6,14H2,1-2H3/t24-/m1/s1. The molecule has 0 bridgehead atoms. The molecule has 1 nitrogen and oxygen atoms in total. The smallest absolute Gasteiger partial charge is 0.150 e. The molecular weight excluding hydrogens is 378 g/mol. The van der Waals surface area contributed by atoms with Crippen molar-refractivity contribution in [1.29, 1.82) is 0 Å². The number of benzene rings is 3. The first-order valence-electron chi connectivity index (χ1n) is 10.5. The highest BCUT2D eigenvalue weighted by Gasteiger charge is 2.15. The predicted molar refractivity (Wildman–Crippen MR) is 118 cm³/mol. The van der Waals surface area contributed by atoms with Crippen LogP contribution in [0.4, 0.5) is 8.78 Å². The summed E-state index contributed by atoms with van der Waals surface area (Å²) in [5, 5.41) is 0. The van der Waals surface area contributed by atoms with E-state index >= 15 is 0 Å². The number of aldehydes is 1. The summed E-state index contributed by atoms with van der Waals surface area (Å²) in [4.78, 5) is 10.8. The molecule has 0 fully saturated rings. The van der Waals surface area contributed by atoms with E-state index in [9.17, 15) is 13.6 Å². The summed E-state index contributed by atoms with van der Waals surface area (Å²) >= 11 is 0. The maximum absolute atomic E-state index is 13.9. The molecule has 3 rings (SSSR count). The Morgan fingerprint density at radius 2 is 1.47 bits per heavy atom. The van der Waals surface area contributed by atoms with Crippen LogP contribution in [0, 0.1) is 25.5 Å². The number of halogens is 2. The second-order valence-corrected chi connectivity index (χ2v) is 8.13. The van der Waals surface area contributed by atoms with Gasteiger partial charge < -0.3 is 0 Å². The van der Waals surface area contributed by atoms with Gasteiger partial charge in [-0.2, -0.15) is 0 Å². The SMILES string of the molecule is Cc1ccc(C[C@@H](CCCCc2ccc(C=O)cc2)c2cc(F)cc(F)c2)cc1C. The number of carbonyl (C=O) groups excluding carboxylic acids is 1. The minimum atomic E-state index is -0.523. The van der Waals surface area contributed by atoms with E-state index in [-0.39, 0.29) is 5.92 Å². The highest BCUT2D eigenvalue weighted by atomic mass is 19.1. The van der Waals surface area contributed by atoms with E-state index in [0.717, 1.165) is 50.0 Å². The van der Waals surface area contributed by atoms with Gasteiger partial charge >= 0.3 is 0 Å². The minimum Gasteiger partial charge on any atom is -0.298 e. The topological polar surface area (TPSA) is 17.1 Å². The maximum atomic E-state index is 13.9. The van der Waals surface area contributed by atoms with Crippen molar-refractivity contribution in [3.8, 4) is 0 Å². The lowest BCUT2D eigenvalue weighted by Gasteiger charge is -2.19. The second kappa shape index (κ2) is 10.3. The Bertz CT molecular complexity index is 972. The minimum absolute atomic E-state index is 0.0646. The summed E-state index contributed by atoms with van der Waals surface area (Å²) in [6.45, 7) is 4.17. The molecule has 0 spiro atoms. The molecule has 0 heterocycles. The van der Waals surface area contributed by atoms with E-state index in [0.29, 0.717) is 5.56 Å². The number of rotatable bonds is 9. The maximum Gasteiger partial charge on any atom is 0.150 e. The van der Waals surface area contributed by atoms with Crippen LogP contribution in [0.2, 0.25) is 0 Å². The van der Waals surface area contributed by atoms with Crippen LogP contribution in [-0.4, -0.2) is 6.29 Å². The van der Waals surface area contributed by atoms with Crippen LogP contribution >= 0.6 is 0 Å². The molecule has 30 heavy (non-hydrogen) atoms. The highest BCUT2D eigenvalue weighted by molar-refractivity contribution is 5.74. The van der Waals surface area contributed by atoms with Crippen LogP contribution in [0.15, 0.2) is 60.7 Å². The third kappa shape index (κ3) is 6.09. The van der Waals surface area contributed by atoms with Crippen LogP contribution in [0.25, 0.3) is 0 Å². The van der Waals surface area contributed by atoms with Gasteiger partial charge in [-0.25, -0.2) is 8.78 Å². The third-order valence-electron chi connectivity index (χ3n) is 5.79. The molecule has 0 unspecified atom stereocenters. The van der Waals surface area contributed by atoms with Gasteiger partial charge in [-0.1, -0.05) is 48.9 Å². The van der Waals surface area contributed by atoms with Crippen molar-refractivity contribution >= 4 is 6.29 Å². The number of hydrogen-bond acceptors (Lipinski definition) is 1. The van der Waals surface area contributed by atoms with Crippen molar-refractivity contribution in [2.75, 3.05) is 0 Å². The van der Waals surface area contributed by atoms with Gasteiger partial charge in [-0.3, -0.25) is 4.79 Å². The van der Waals surface area contributed by atoms with Gasteiger partial charge in [0.15, 0.2) is 0 Å². The van der Waals surface area contributed by atoms with E-state index < -0.39 is 11.6 Å². The zero-order valence-electron chi connectivity index (χ0n) is 17.6. The number of hydrogen-bond donors (Lipinski definition) is 0. The van der Waals surface area contributed by atoms with Crippen LogP contribution < -0.4 is 0 Å². The van der Waals surface area contributed by atoms with Gasteiger partial charge in [-0.05, 0) is 85.4 Å². The molecule has 1 atom stereocenters. The van der Waals surface area contributed by atoms with Gasteiger partial charge in [0.1, 0.15) is 17.9 Å². The lowest BCUT2D eigenvalue weighted by Crippen LogP contribution is -2.05. The fraction of sp³-hybridized carbons (Fsp3) is 0.296. The molecule has 156 valence electrons. The molecule has 3 aromatic rings. The van der Waals surface area contributed by atoms with Gasteiger partial charge in [0, 0.05) is 11.6 Å². The van der Waals surface area contributed by atoms with Crippen molar-refractivity contribution in [1.82, 2.24) is 0 Å². The van der Waals surface area contributed by atoms with Gasteiger partial charge in [0.2, 0.25) is 0 Å². The first-order chi connectivity index (χ1) is 14.4. The van der Waals surface area contributed by atoms with Crippen molar-refractivity contribution < 1.29 is 13.6 Å². The first-order valence-corrected chi connectivity index (χ1v) is 10.5. The summed E-state index contributed by atoms with van der Waals surface area (Å²) in [6, 6.07) is 17.9. The largest absolute Gasteiger partial charge is 0.298 e. The molecule has 0 aliphatic rings. The molecule has 0 N–H and O–H groups in total. The van der Waals surface area contributed by atoms with E-state index in [1.807, 2.05) is 24.3 Å². The monoisotopic (exact) mass is 406 g/mol. The molecule has 0 aliphatic carbocycles. The van der Waals surface area contributed by atoms with Crippen molar-refractivity contribution in [2.24, 2.45) is 0 Å². The lowest BCUT2D eigenvalue weighted by atomic mass is 9.86. The molecule has 3 heteroatoms. The van der Waals surface area contributed by atoms with E-state index in [1.165, 1.54) is 34.4 Å². The Labute approximate surface area is 177 Å². The Hall–Kier alpha value is -2.81. The lowest BCUT2D eigenvalue weighted by molar-refractivity contribution is 0.112.